The van der Waals surface area contributed by atoms with Crippen molar-refractivity contribution < 1.29 is 9.53 Å². The van der Waals surface area contributed by atoms with E-state index in [-0.39, 0.29) is 6.03 Å². The van der Waals surface area contributed by atoms with Crippen molar-refractivity contribution in [3.8, 4) is 11.6 Å². The molecule has 0 bridgehead atoms. The molecule has 2 aromatic heterocycles. The van der Waals surface area contributed by atoms with Crippen molar-refractivity contribution in [3.63, 3.8) is 0 Å². The van der Waals surface area contributed by atoms with Gasteiger partial charge in [0, 0.05) is 18.9 Å². The molecule has 2 amide bonds. The standard InChI is InChI=1S/C14H13N5O2/c1-15-14(20)19-9-2-4-10(5-3-9)21-13-12-11(6-7-16-12)17-8-18-13/h2-8,16H,1H3,(H2,15,19,20). The second-order valence-electron chi connectivity index (χ2n) is 4.25. The highest BCUT2D eigenvalue weighted by Gasteiger charge is 2.07. The molecule has 3 rings (SSSR count). The highest BCUT2D eigenvalue weighted by molar-refractivity contribution is 5.89. The van der Waals surface area contributed by atoms with Crippen molar-refractivity contribution in [1.29, 1.82) is 0 Å². The molecule has 0 radical (unpaired) electrons. The van der Waals surface area contributed by atoms with E-state index < -0.39 is 0 Å². The van der Waals surface area contributed by atoms with Gasteiger partial charge in [-0.15, -0.1) is 0 Å². The van der Waals surface area contributed by atoms with Crippen LogP contribution in [0.3, 0.4) is 0 Å². The Morgan fingerprint density at radius 3 is 2.76 bits per heavy atom. The van der Waals surface area contributed by atoms with Crippen LogP contribution in [0.25, 0.3) is 11.0 Å². The number of anilines is 1. The first-order valence-electron chi connectivity index (χ1n) is 6.31. The number of ether oxygens (including phenoxy) is 1. The first kappa shape index (κ1) is 12.9. The van der Waals surface area contributed by atoms with Crippen LogP contribution in [0.4, 0.5) is 10.5 Å². The van der Waals surface area contributed by atoms with E-state index in [9.17, 15) is 4.79 Å². The number of rotatable bonds is 3. The summed E-state index contributed by atoms with van der Waals surface area (Å²) in [7, 11) is 1.56. The van der Waals surface area contributed by atoms with Gasteiger partial charge < -0.3 is 20.4 Å². The van der Waals surface area contributed by atoms with Gasteiger partial charge in [-0.2, -0.15) is 4.98 Å². The molecule has 0 atom stereocenters. The van der Waals surface area contributed by atoms with Crippen LogP contribution in [0.15, 0.2) is 42.9 Å². The lowest BCUT2D eigenvalue weighted by Crippen LogP contribution is -2.24. The summed E-state index contributed by atoms with van der Waals surface area (Å²) in [5, 5.41) is 5.15. The average molecular weight is 283 g/mol. The van der Waals surface area contributed by atoms with Gasteiger partial charge in [-0.3, -0.25) is 0 Å². The third-order valence-electron chi connectivity index (χ3n) is 2.86. The largest absolute Gasteiger partial charge is 0.437 e. The van der Waals surface area contributed by atoms with Gasteiger partial charge in [0.1, 0.15) is 17.6 Å². The third kappa shape index (κ3) is 2.76. The molecule has 106 valence electrons. The lowest BCUT2D eigenvalue weighted by molar-refractivity contribution is 0.254. The monoisotopic (exact) mass is 283 g/mol. The molecule has 3 aromatic rings. The normalized spacial score (nSPS) is 10.3. The maximum atomic E-state index is 11.2. The van der Waals surface area contributed by atoms with Crippen molar-refractivity contribution in [2.75, 3.05) is 12.4 Å². The van der Waals surface area contributed by atoms with E-state index in [0.29, 0.717) is 17.3 Å². The van der Waals surface area contributed by atoms with Gasteiger partial charge in [0.25, 0.3) is 0 Å². The molecule has 0 aliphatic rings. The molecule has 1 aromatic carbocycles. The molecule has 0 saturated heterocycles. The molecule has 0 aliphatic carbocycles. The first-order chi connectivity index (χ1) is 10.3. The maximum Gasteiger partial charge on any atom is 0.318 e. The maximum absolute atomic E-state index is 11.2. The quantitative estimate of drug-likeness (QED) is 0.688. The number of H-pyrrole nitrogens is 1. The zero-order valence-corrected chi connectivity index (χ0v) is 11.3. The fraction of sp³-hybridized carbons (Fsp3) is 0.0714. The molecular formula is C14H13N5O2. The number of amides is 2. The summed E-state index contributed by atoms with van der Waals surface area (Å²) in [5.41, 5.74) is 2.21. The van der Waals surface area contributed by atoms with Crippen LogP contribution in [0, 0.1) is 0 Å². The SMILES string of the molecule is CNC(=O)Nc1ccc(Oc2ncnc3cc[nH]c23)cc1. The summed E-state index contributed by atoms with van der Waals surface area (Å²) in [5.74, 6) is 1.07. The molecule has 7 heteroatoms. The van der Waals surface area contributed by atoms with Gasteiger partial charge in [-0.1, -0.05) is 0 Å². The minimum Gasteiger partial charge on any atom is -0.437 e. The Hall–Kier alpha value is -3.09. The number of carbonyl (C=O) groups excluding carboxylic acids is 1. The van der Waals surface area contributed by atoms with E-state index in [2.05, 4.69) is 25.6 Å². The van der Waals surface area contributed by atoms with Gasteiger partial charge in [0.05, 0.1) is 5.52 Å². The summed E-state index contributed by atoms with van der Waals surface area (Å²) in [6.45, 7) is 0. The topological polar surface area (TPSA) is 91.9 Å². The number of nitrogens with one attached hydrogen (secondary N) is 3. The summed E-state index contributed by atoms with van der Waals surface area (Å²) < 4.78 is 5.73. The van der Waals surface area contributed by atoms with Crippen LogP contribution in [0.2, 0.25) is 0 Å². The summed E-state index contributed by atoms with van der Waals surface area (Å²) in [4.78, 5) is 22.5. The van der Waals surface area contributed by atoms with Crippen molar-refractivity contribution in [3.05, 3.63) is 42.9 Å². The van der Waals surface area contributed by atoms with E-state index in [1.807, 2.05) is 6.07 Å². The minimum absolute atomic E-state index is 0.271. The second kappa shape index (κ2) is 5.49. The Morgan fingerprint density at radius 2 is 2.00 bits per heavy atom. The fourth-order valence-corrected chi connectivity index (χ4v) is 1.84. The molecule has 7 nitrogen and oxygen atoms in total. The van der Waals surface area contributed by atoms with E-state index in [1.165, 1.54) is 6.33 Å². The van der Waals surface area contributed by atoms with Crippen LogP contribution in [-0.4, -0.2) is 28.0 Å². The smallest absolute Gasteiger partial charge is 0.318 e. The first-order valence-corrected chi connectivity index (χ1v) is 6.31. The number of aromatic amines is 1. The number of benzene rings is 1. The summed E-state index contributed by atoms with van der Waals surface area (Å²) in [6, 6.07) is 8.58. The van der Waals surface area contributed by atoms with Crippen molar-refractivity contribution in [2.24, 2.45) is 0 Å². The van der Waals surface area contributed by atoms with Crippen LogP contribution in [-0.2, 0) is 0 Å². The number of urea groups is 1. The van der Waals surface area contributed by atoms with Crippen molar-refractivity contribution in [2.45, 2.75) is 0 Å². The van der Waals surface area contributed by atoms with Crippen molar-refractivity contribution in [1.82, 2.24) is 20.3 Å². The molecule has 21 heavy (non-hydrogen) atoms. The van der Waals surface area contributed by atoms with E-state index >= 15 is 0 Å². The molecular weight excluding hydrogens is 270 g/mol. The number of carbonyl (C=O) groups is 1. The van der Waals surface area contributed by atoms with Gasteiger partial charge in [0.15, 0.2) is 0 Å². The Morgan fingerprint density at radius 1 is 1.19 bits per heavy atom. The third-order valence-corrected chi connectivity index (χ3v) is 2.86. The molecule has 0 fully saturated rings. The predicted octanol–water partition coefficient (Wildman–Crippen LogP) is 2.50. The summed E-state index contributed by atoms with van der Waals surface area (Å²) >= 11 is 0. The Balaban J connectivity index is 1.79. The number of fused-ring (bicyclic) bond motifs is 1. The highest BCUT2D eigenvalue weighted by atomic mass is 16.5. The Labute approximate surface area is 120 Å². The zero-order chi connectivity index (χ0) is 14.7. The van der Waals surface area contributed by atoms with Gasteiger partial charge >= 0.3 is 6.03 Å². The molecule has 0 spiro atoms. The van der Waals surface area contributed by atoms with E-state index in [0.717, 1.165) is 11.0 Å². The Kier molecular flexibility index (Phi) is 3.38. The zero-order valence-electron chi connectivity index (χ0n) is 11.3. The van der Waals surface area contributed by atoms with E-state index in [4.69, 9.17) is 4.74 Å². The lowest BCUT2D eigenvalue weighted by atomic mass is 10.3. The highest BCUT2D eigenvalue weighted by Crippen LogP contribution is 2.26. The molecule has 3 N–H and O–H groups in total. The van der Waals surface area contributed by atoms with Crippen LogP contribution < -0.4 is 15.4 Å². The predicted molar refractivity (Wildman–Crippen MR) is 78.5 cm³/mol. The van der Waals surface area contributed by atoms with E-state index in [1.54, 1.807) is 37.5 Å². The lowest BCUT2D eigenvalue weighted by Gasteiger charge is -2.07. The van der Waals surface area contributed by atoms with Gasteiger partial charge in [-0.05, 0) is 30.3 Å². The minimum atomic E-state index is -0.271. The van der Waals surface area contributed by atoms with Gasteiger partial charge in [0.2, 0.25) is 5.88 Å². The molecule has 0 aliphatic heterocycles. The van der Waals surface area contributed by atoms with Crippen molar-refractivity contribution >= 4 is 22.8 Å². The number of aromatic nitrogens is 3. The molecule has 2 heterocycles. The van der Waals surface area contributed by atoms with Crippen LogP contribution in [0.1, 0.15) is 0 Å². The number of hydrogen-bond acceptors (Lipinski definition) is 4. The summed E-state index contributed by atoms with van der Waals surface area (Å²) in [6.07, 6.45) is 3.23. The fourth-order valence-electron chi connectivity index (χ4n) is 1.84. The number of nitrogens with zero attached hydrogens (tertiary/aromatic N) is 2. The molecule has 0 saturated carbocycles. The average Bonchev–Trinajstić information content (AvgIpc) is 2.99. The van der Waals surface area contributed by atoms with Crippen LogP contribution >= 0.6 is 0 Å². The second-order valence-corrected chi connectivity index (χ2v) is 4.25. The number of hydrogen-bond donors (Lipinski definition) is 3. The van der Waals surface area contributed by atoms with Gasteiger partial charge in [-0.25, -0.2) is 9.78 Å². The Bertz CT molecular complexity index is 766. The molecule has 0 unspecified atom stereocenters. The van der Waals surface area contributed by atoms with Crippen LogP contribution in [0.5, 0.6) is 11.6 Å².